The molecule has 9 nitrogen and oxygen atoms in total. The molecule has 2 amide bonds. The van der Waals surface area contributed by atoms with Gasteiger partial charge in [0.2, 0.25) is 5.91 Å². The van der Waals surface area contributed by atoms with Crippen molar-refractivity contribution in [3.05, 3.63) is 41.7 Å². The molecule has 0 spiro atoms. The van der Waals surface area contributed by atoms with Crippen LogP contribution >= 0.6 is 0 Å². The van der Waals surface area contributed by atoms with Crippen LogP contribution in [0.2, 0.25) is 0 Å². The van der Waals surface area contributed by atoms with Crippen molar-refractivity contribution in [2.45, 2.75) is 38.3 Å². The van der Waals surface area contributed by atoms with Crippen molar-refractivity contribution < 1.29 is 19.5 Å². The highest BCUT2D eigenvalue weighted by Crippen LogP contribution is 2.18. The lowest BCUT2D eigenvalue weighted by Crippen LogP contribution is -2.32. The zero-order valence-electron chi connectivity index (χ0n) is 14.0. The Hall–Kier alpha value is -3.23. The molecule has 0 bridgehead atoms. The van der Waals surface area contributed by atoms with Crippen LogP contribution in [0.15, 0.2) is 30.5 Å². The predicted molar refractivity (Wildman–Crippen MR) is 91.8 cm³/mol. The van der Waals surface area contributed by atoms with E-state index in [1.807, 2.05) is 0 Å². The fraction of sp³-hybridized carbons (Fsp3) is 0.353. The number of carboxylic acids is 1. The van der Waals surface area contributed by atoms with Gasteiger partial charge in [-0.1, -0.05) is 18.1 Å². The van der Waals surface area contributed by atoms with Crippen LogP contribution in [-0.4, -0.2) is 43.9 Å². The molecule has 26 heavy (non-hydrogen) atoms. The highest BCUT2D eigenvalue weighted by Gasteiger charge is 2.18. The number of benzene rings is 1. The number of hydrogen-bond acceptors (Lipinski definition) is 5. The summed E-state index contributed by atoms with van der Waals surface area (Å²) < 4.78 is 1.14. The smallest absolute Gasteiger partial charge is 0.358 e. The predicted octanol–water partition coefficient (Wildman–Crippen LogP) is 1.29. The lowest BCUT2D eigenvalue weighted by atomic mass is 10.1. The first kappa shape index (κ1) is 17.6. The van der Waals surface area contributed by atoms with E-state index in [0.717, 1.165) is 30.4 Å². The number of carbonyl (C=O) groups is 3. The Balaban J connectivity index is 1.53. The Bertz CT molecular complexity index is 809. The summed E-state index contributed by atoms with van der Waals surface area (Å²) in [6.45, 7) is -0.163. The molecule has 0 radical (unpaired) electrons. The molecule has 136 valence electrons. The first-order valence-electron chi connectivity index (χ1n) is 8.35. The molecule has 1 heterocycles. The van der Waals surface area contributed by atoms with Crippen LogP contribution in [0.25, 0.3) is 0 Å². The SMILES string of the molecule is O=C(Cn1cc(C(=O)O)nn1)Nc1ccc(C(=O)NC2CCCC2)cc1. The van der Waals surface area contributed by atoms with Crippen molar-refractivity contribution in [2.24, 2.45) is 0 Å². The van der Waals surface area contributed by atoms with Crippen LogP contribution < -0.4 is 10.6 Å². The number of nitrogens with zero attached hydrogens (tertiary/aromatic N) is 3. The maximum absolute atomic E-state index is 12.2. The molecule has 1 fully saturated rings. The third kappa shape index (κ3) is 4.44. The topological polar surface area (TPSA) is 126 Å². The molecule has 3 rings (SSSR count). The molecule has 1 aliphatic carbocycles. The quantitative estimate of drug-likeness (QED) is 0.715. The standard InChI is InChI=1S/C17H19N5O4/c23-15(10-22-9-14(17(25)26)20-21-22)18-13-7-5-11(6-8-13)16(24)19-12-3-1-2-4-12/h5-9,12H,1-4,10H2,(H,18,23)(H,19,24)(H,25,26). The molecular formula is C17H19N5O4. The first-order chi connectivity index (χ1) is 12.5. The van der Waals surface area contributed by atoms with Gasteiger partial charge in [-0.05, 0) is 37.1 Å². The van der Waals surface area contributed by atoms with E-state index in [2.05, 4.69) is 20.9 Å². The molecule has 1 aromatic carbocycles. The molecular weight excluding hydrogens is 338 g/mol. The third-order valence-corrected chi connectivity index (χ3v) is 4.18. The van der Waals surface area contributed by atoms with E-state index in [1.54, 1.807) is 24.3 Å². The Labute approximate surface area is 149 Å². The molecule has 1 aliphatic rings. The Morgan fingerprint density at radius 2 is 1.85 bits per heavy atom. The number of amides is 2. The number of hydrogen-bond donors (Lipinski definition) is 3. The van der Waals surface area contributed by atoms with Gasteiger partial charge in [-0.25, -0.2) is 9.48 Å². The van der Waals surface area contributed by atoms with Crippen LogP contribution in [0.1, 0.15) is 46.5 Å². The van der Waals surface area contributed by atoms with Gasteiger partial charge < -0.3 is 15.7 Å². The number of carboxylic acid groups (broad SMARTS) is 1. The van der Waals surface area contributed by atoms with Gasteiger partial charge >= 0.3 is 5.97 Å². The van der Waals surface area contributed by atoms with Gasteiger partial charge in [0.05, 0.1) is 6.20 Å². The van der Waals surface area contributed by atoms with E-state index >= 15 is 0 Å². The molecule has 1 saturated carbocycles. The zero-order chi connectivity index (χ0) is 18.5. The largest absolute Gasteiger partial charge is 0.476 e. The monoisotopic (exact) mass is 357 g/mol. The summed E-state index contributed by atoms with van der Waals surface area (Å²) in [6, 6.07) is 6.84. The Morgan fingerprint density at radius 3 is 2.46 bits per heavy atom. The number of carbonyl (C=O) groups excluding carboxylic acids is 2. The summed E-state index contributed by atoms with van der Waals surface area (Å²) in [6.07, 6.45) is 5.52. The van der Waals surface area contributed by atoms with E-state index in [0.29, 0.717) is 11.3 Å². The molecule has 2 aromatic rings. The van der Waals surface area contributed by atoms with E-state index in [1.165, 1.54) is 6.20 Å². The highest BCUT2D eigenvalue weighted by atomic mass is 16.4. The van der Waals surface area contributed by atoms with E-state index in [-0.39, 0.29) is 30.1 Å². The summed E-state index contributed by atoms with van der Waals surface area (Å²) in [7, 11) is 0. The zero-order valence-corrected chi connectivity index (χ0v) is 14.0. The van der Waals surface area contributed by atoms with Gasteiger partial charge in [-0.2, -0.15) is 0 Å². The molecule has 0 atom stereocenters. The summed E-state index contributed by atoms with van der Waals surface area (Å²) in [5.74, 6) is -1.70. The van der Waals surface area contributed by atoms with Crippen molar-refractivity contribution in [1.82, 2.24) is 20.3 Å². The average molecular weight is 357 g/mol. The second-order valence-corrected chi connectivity index (χ2v) is 6.19. The number of rotatable bonds is 6. The van der Waals surface area contributed by atoms with Crippen molar-refractivity contribution in [3.63, 3.8) is 0 Å². The molecule has 1 aromatic heterocycles. The van der Waals surface area contributed by atoms with Crippen molar-refractivity contribution in [1.29, 1.82) is 0 Å². The van der Waals surface area contributed by atoms with Crippen LogP contribution in [0, 0.1) is 0 Å². The number of nitrogens with one attached hydrogen (secondary N) is 2. The third-order valence-electron chi connectivity index (χ3n) is 4.18. The van der Waals surface area contributed by atoms with Crippen molar-refractivity contribution >= 4 is 23.5 Å². The molecule has 0 unspecified atom stereocenters. The van der Waals surface area contributed by atoms with Gasteiger partial charge in [0.25, 0.3) is 5.91 Å². The maximum atomic E-state index is 12.2. The van der Waals surface area contributed by atoms with E-state index < -0.39 is 5.97 Å². The average Bonchev–Trinajstić information content (AvgIpc) is 3.27. The van der Waals surface area contributed by atoms with Crippen molar-refractivity contribution in [2.75, 3.05) is 5.32 Å². The van der Waals surface area contributed by atoms with Crippen LogP contribution in [0.5, 0.6) is 0 Å². The van der Waals surface area contributed by atoms with Gasteiger partial charge in [-0.15, -0.1) is 5.10 Å². The van der Waals surface area contributed by atoms with Crippen LogP contribution in [-0.2, 0) is 11.3 Å². The highest BCUT2D eigenvalue weighted by molar-refractivity contribution is 5.96. The lowest BCUT2D eigenvalue weighted by Gasteiger charge is -2.12. The molecule has 9 heteroatoms. The summed E-state index contributed by atoms with van der Waals surface area (Å²) >= 11 is 0. The van der Waals surface area contributed by atoms with Gasteiger partial charge in [-0.3, -0.25) is 9.59 Å². The Morgan fingerprint density at radius 1 is 1.15 bits per heavy atom. The fourth-order valence-electron chi connectivity index (χ4n) is 2.87. The summed E-state index contributed by atoms with van der Waals surface area (Å²) in [5.41, 5.74) is 0.846. The summed E-state index contributed by atoms with van der Waals surface area (Å²) in [4.78, 5) is 34.9. The number of anilines is 1. The molecule has 3 N–H and O–H groups in total. The number of aromatic nitrogens is 3. The molecule has 0 aliphatic heterocycles. The second-order valence-electron chi connectivity index (χ2n) is 6.19. The van der Waals surface area contributed by atoms with Gasteiger partial charge in [0.1, 0.15) is 6.54 Å². The number of aromatic carboxylic acids is 1. The fourth-order valence-corrected chi connectivity index (χ4v) is 2.87. The maximum Gasteiger partial charge on any atom is 0.358 e. The lowest BCUT2D eigenvalue weighted by molar-refractivity contribution is -0.116. The van der Waals surface area contributed by atoms with Crippen molar-refractivity contribution in [3.8, 4) is 0 Å². The normalized spacial score (nSPS) is 14.2. The minimum absolute atomic E-state index is 0.112. The van der Waals surface area contributed by atoms with Gasteiger partial charge in [0.15, 0.2) is 5.69 Å². The van der Waals surface area contributed by atoms with E-state index in [4.69, 9.17) is 5.11 Å². The van der Waals surface area contributed by atoms with E-state index in [9.17, 15) is 14.4 Å². The van der Waals surface area contributed by atoms with Gasteiger partial charge in [0, 0.05) is 17.3 Å². The van der Waals surface area contributed by atoms with Crippen LogP contribution in [0.3, 0.4) is 0 Å². The Kier molecular flexibility index (Phi) is 5.26. The minimum Gasteiger partial charge on any atom is -0.476 e. The molecule has 0 saturated heterocycles. The van der Waals surface area contributed by atoms with Crippen LogP contribution in [0.4, 0.5) is 5.69 Å². The summed E-state index contributed by atoms with van der Waals surface area (Å²) in [5, 5.41) is 21.5. The second kappa shape index (κ2) is 7.77. The minimum atomic E-state index is -1.21. The first-order valence-corrected chi connectivity index (χ1v) is 8.35.